The molecule has 7 heteroatoms. The fraction of sp³-hybridized carbons (Fsp3) is 0.429. The van der Waals surface area contributed by atoms with Gasteiger partial charge >= 0.3 is 0 Å². The molecule has 114 valence electrons. The molecule has 1 heterocycles. The average Bonchev–Trinajstić information content (AvgIpc) is 2.37. The molecule has 2 amide bonds. The zero-order chi connectivity index (χ0) is 15.9. The predicted octanol–water partition coefficient (Wildman–Crippen LogP) is 1.08. The van der Waals surface area contributed by atoms with Crippen molar-refractivity contribution in [2.75, 3.05) is 30.8 Å². The van der Waals surface area contributed by atoms with Crippen molar-refractivity contribution >= 4 is 34.8 Å². The van der Waals surface area contributed by atoms with Gasteiger partial charge in [0.2, 0.25) is 5.91 Å². The molecule has 2 rings (SSSR count). The number of hydrogen-bond donors (Lipinski definition) is 2. The van der Waals surface area contributed by atoms with Crippen molar-refractivity contribution < 1.29 is 9.59 Å². The van der Waals surface area contributed by atoms with Crippen LogP contribution in [0.25, 0.3) is 0 Å². The molecule has 0 unspecified atom stereocenters. The number of anilines is 2. The number of primary amides is 1. The van der Waals surface area contributed by atoms with Gasteiger partial charge in [-0.1, -0.05) is 11.6 Å². The highest BCUT2D eigenvalue weighted by molar-refractivity contribution is 6.34. The van der Waals surface area contributed by atoms with Gasteiger partial charge in [-0.2, -0.15) is 0 Å². The molecule has 0 aromatic heterocycles. The van der Waals surface area contributed by atoms with Crippen molar-refractivity contribution in [1.29, 1.82) is 0 Å². The molecule has 4 N–H and O–H groups in total. The molecule has 21 heavy (non-hydrogen) atoms. The number of carbonyl (C=O) groups is 2. The molecule has 1 saturated heterocycles. The highest BCUT2D eigenvalue weighted by atomic mass is 35.5. The monoisotopic (exact) mass is 310 g/mol. The summed E-state index contributed by atoms with van der Waals surface area (Å²) < 4.78 is 0. The Labute approximate surface area is 128 Å². The number of carbonyl (C=O) groups excluding carboxylic acids is 2. The van der Waals surface area contributed by atoms with E-state index in [0.717, 1.165) is 0 Å². The minimum atomic E-state index is -0.822. The lowest BCUT2D eigenvalue weighted by Gasteiger charge is -2.46. The summed E-state index contributed by atoms with van der Waals surface area (Å²) in [7, 11) is 1.75. The number of rotatable bonds is 2. The fourth-order valence-corrected chi connectivity index (χ4v) is 3.02. The maximum absolute atomic E-state index is 12.4. The lowest BCUT2D eigenvalue weighted by Crippen LogP contribution is -2.62. The molecule has 0 aliphatic carbocycles. The maximum Gasteiger partial charge on any atom is 0.250 e. The van der Waals surface area contributed by atoms with Gasteiger partial charge in [0.05, 0.1) is 16.3 Å². The summed E-state index contributed by atoms with van der Waals surface area (Å²) in [6, 6.07) is 3.05. The lowest BCUT2D eigenvalue weighted by atomic mass is 9.95. The van der Waals surface area contributed by atoms with Crippen LogP contribution in [-0.4, -0.2) is 42.4 Å². The van der Waals surface area contributed by atoms with E-state index in [4.69, 9.17) is 23.1 Å². The zero-order valence-corrected chi connectivity index (χ0v) is 13.1. The first-order valence-electron chi connectivity index (χ1n) is 6.58. The van der Waals surface area contributed by atoms with Crippen LogP contribution in [0.15, 0.2) is 12.1 Å². The van der Waals surface area contributed by atoms with Gasteiger partial charge in [0.25, 0.3) is 5.91 Å². The molecule has 0 bridgehead atoms. The van der Waals surface area contributed by atoms with Crippen molar-refractivity contribution in [2.45, 2.75) is 19.4 Å². The Morgan fingerprint density at radius 3 is 2.52 bits per heavy atom. The number of piperazine rings is 1. The Bertz CT molecular complexity index is 615. The summed E-state index contributed by atoms with van der Waals surface area (Å²) >= 11 is 6.27. The number of hydrogen-bond acceptors (Lipinski definition) is 4. The second kappa shape index (κ2) is 5.11. The van der Waals surface area contributed by atoms with Crippen LogP contribution in [0.5, 0.6) is 0 Å². The van der Waals surface area contributed by atoms with E-state index in [1.807, 2.05) is 4.90 Å². The van der Waals surface area contributed by atoms with Crippen LogP contribution < -0.4 is 16.4 Å². The number of benzene rings is 1. The number of nitrogens with two attached hydrogens (primary N) is 2. The molecule has 6 nitrogen and oxygen atoms in total. The normalized spacial score (nSPS) is 18.0. The van der Waals surface area contributed by atoms with E-state index >= 15 is 0 Å². The van der Waals surface area contributed by atoms with Crippen LogP contribution >= 0.6 is 11.6 Å². The van der Waals surface area contributed by atoms with Gasteiger partial charge in [0.15, 0.2) is 0 Å². The summed E-state index contributed by atoms with van der Waals surface area (Å²) in [5.74, 6) is -0.668. The van der Waals surface area contributed by atoms with Crippen LogP contribution in [0.1, 0.15) is 24.2 Å². The topological polar surface area (TPSA) is 92.7 Å². The first-order valence-corrected chi connectivity index (χ1v) is 6.96. The highest BCUT2D eigenvalue weighted by Gasteiger charge is 2.42. The van der Waals surface area contributed by atoms with E-state index in [-0.39, 0.29) is 11.5 Å². The third-order valence-electron chi connectivity index (χ3n) is 3.82. The molecular formula is C14H19ClN4O2. The van der Waals surface area contributed by atoms with Crippen LogP contribution in [0.2, 0.25) is 5.02 Å². The van der Waals surface area contributed by atoms with Gasteiger partial charge in [-0.15, -0.1) is 0 Å². The number of halogens is 1. The Kier molecular flexibility index (Phi) is 3.76. The zero-order valence-electron chi connectivity index (χ0n) is 12.3. The second-order valence-electron chi connectivity index (χ2n) is 5.70. The van der Waals surface area contributed by atoms with E-state index < -0.39 is 11.4 Å². The van der Waals surface area contributed by atoms with Gasteiger partial charge in [0.1, 0.15) is 5.54 Å². The summed E-state index contributed by atoms with van der Waals surface area (Å²) in [5.41, 5.74) is 11.4. The molecule has 1 aromatic carbocycles. The lowest BCUT2D eigenvalue weighted by molar-refractivity contribution is -0.136. The highest BCUT2D eigenvalue weighted by Crippen LogP contribution is 2.38. The summed E-state index contributed by atoms with van der Waals surface area (Å²) in [5, 5.41) is 0.314. The summed E-state index contributed by atoms with van der Waals surface area (Å²) in [6.07, 6.45) is 0. The van der Waals surface area contributed by atoms with Gasteiger partial charge < -0.3 is 21.3 Å². The number of likely N-dealkylation sites (N-methyl/N-ethyl adjacent to an activating group) is 1. The SMILES string of the molecule is CN1CCN(c2c(Cl)cc(N)cc2C(N)=O)C(C)(C)C1=O. The van der Waals surface area contributed by atoms with Crippen LogP contribution in [0.3, 0.4) is 0 Å². The van der Waals surface area contributed by atoms with Crippen molar-refractivity contribution in [2.24, 2.45) is 5.73 Å². The third-order valence-corrected chi connectivity index (χ3v) is 4.11. The van der Waals surface area contributed by atoms with Crippen LogP contribution in [0.4, 0.5) is 11.4 Å². The van der Waals surface area contributed by atoms with E-state index in [0.29, 0.717) is 29.5 Å². The Hall–Kier alpha value is -1.95. The summed E-state index contributed by atoms with van der Waals surface area (Å²) in [4.78, 5) is 27.6. The standard InChI is InChI=1S/C14H19ClN4O2/c1-14(2)13(21)18(3)4-5-19(14)11-9(12(17)20)6-8(16)7-10(11)15/h6-7H,4-5,16H2,1-3H3,(H2,17,20). The van der Waals surface area contributed by atoms with E-state index in [2.05, 4.69) is 0 Å². The van der Waals surface area contributed by atoms with Gasteiger partial charge in [-0.05, 0) is 26.0 Å². The molecule has 1 aromatic rings. The fourth-order valence-electron chi connectivity index (χ4n) is 2.69. The predicted molar refractivity (Wildman–Crippen MR) is 83.4 cm³/mol. The van der Waals surface area contributed by atoms with Crippen molar-refractivity contribution in [3.8, 4) is 0 Å². The Balaban J connectivity index is 2.61. The van der Waals surface area contributed by atoms with Gasteiger partial charge in [-0.25, -0.2) is 0 Å². The third kappa shape index (κ3) is 2.51. The molecule has 0 radical (unpaired) electrons. The molecule has 1 aliphatic rings. The van der Waals surface area contributed by atoms with Crippen molar-refractivity contribution in [3.05, 3.63) is 22.7 Å². The summed E-state index contributed by atoms with van der Waals surface area (Å²) in [6.45, 7) is 4.69. The van der Waals surface area contributed by atoms with E-state index in [1.165, 1.54) is 6.07 Å². The van der Waals surface area contributed by atoms with Crippen LogP contribution in [-0.2, 0) is 4.79 Å². The maximum atomic E-state index is 12.4. The largest absolute Gasteiger partial charge is 0.399 e. The average molecular weight is 311 g/mol. The first kappa shape index (κ1) is 15.4. The molecule has 1 aliphatic heterocycles. The molecule has 0 spiro atoms. The van der Waals surface area contributed by atoms with E-state index in [1.54, 1.807) is 31.9 Å². The second-order valence-corrected chi connectivity index (χ2v) is 6.11. The van der Waals surface area contributed by atoms with Gasteiger partial charge in [0, 0.05) is 25.8 Å². The first-order chi connectivity index (χ1) is 9.66. The number of nitrogen functional groups attached to an aromatic ring is 1. The molecule has 1 fully saturated rings. The minimum absolute atomic E-state index is 0.0444. The Morgan fingerprint density at radius 1 is 1.33 bits per heavy atom. The van der Waals surface area contributed by atoms with E-state index in [9.17, 15) is 9.59 Å². The molecule has 0 saturated carbocycles. The molecule has 0 atom stereocenters. The van der Waals surface area contributed by atoms with Crippen molar-refractivity contribution in [1.82, 2.24) is 4.90 Å². The Morgan fingerprint density at radius 2 is 1.95 bits per heavy atom. The number of nitrogens with zero attached hydrogens (tertiary/aromatic N) is 2. The smallest absolute Gasteiger partial charge is 0.250 e. The van der Waals surface area contributed by atoms with Crippen LogP contribution in [0, 0.1) is 0 Å². The van der Waals surface area contributed by atoms with Gasteiger partial charge in [-0.3, -0.25) is 9.59 Å². The minimum Gasteiger partial charge on any atom is -0.399 e. The number of amides is 2. The van der Waals surface area contributed by atoms with Crippen molar-refractivity contribution in [3.63, 3.8) is 0 Å². The quantitative estimate of drug-likeness (QED) is 0.799. The molecular weight excluding hydrogens is 292 g/mol.